The van der Waals surface area contributed by atoms with Crippen LogP contribution in [0.25, 0.3) is 0 Å². The second kappa shape index (κ2) is 7.00. The molecule has 3 heteroatoms. The van der Waals surface area contributed by atoms with Crippen LogP contribution < -0.4 is 0 Å². The van der Waals surface area contributed by atoms with Crippen molar-refractivity contribution in [2.45, 2.75) is 53.1 Å². The van der Waals surface area contributed by atoms with E-state index in [1.807, 2.05) is 18.7 Å². The minimum Gasteiger partial charge on any atom is -0.375 e. The Hall–Kier alpha value is -0.570. The van der Waals surface area contributed by atoms with Crippen LogP contribution in [0.4, 0.5) is 0 Å². The Labute approximate surface area is 106 Å². The van der Waals surface area contributed by atoms with E-state index in [9.17, 15) is 4.79 Å². The summed E-state index contributed by atoms with van der Waals surface area (Å²) in [5.74, 6) is 1.12. The van der Waals surface area contributed by atoms with Gasteiger partial charge in [-0.3, -0.25) is 4.79 Å². The molecule has 0 aromatic carbocycles. The van der Waals surface area contributed by atoms with Crippen molar-refractivity contribution in [3.05, 3.63) is 0 Å². The van der Waals surface area contributed by atoms with Crippen LogP contribution >= 0.6 is 0 Å². The molecule has 1 amide bonds. The van der Waals surface area contributed by atoms with Crippen LogP contribution in [0.2, 0.25) is 0 Å². The number of morpholine rings is 1. The van der Waals surface area contributed by atoms with Gasteiger partial charge in [-0.15, -0.1) is 0 Å². The lowest BCUT2D eigenvalue weighted by atomic mass is 10.0. The molecular weight excluding hydrogens is 214 g/mol. The maximum atomic E-state index is 11.9. The third-order valence-corrected chi connectivity index (χ3v) is 3.25. The monoisotopic (exact) mass is 241 g/mol. The number of ether oxygens (including phenoxy) is 1. The van der Waals surface area contributed by atoms with E-state index in [0.29, 0.717) is 6.61 Å². The zero-order chi connectivity index (χ0) is 12.8. The van der Waals surface area contributed by atoms with E-state index in [1.165, 1.54) is 12.8 Å². The van der Waals surface area contributed by atoms with Gasteiger partial charge < -0.3 is 9.64 Å². The fourth-order valence-electron chi connectivity index (χ4n) is 2.21. The Balaban J connectivity index is 2.31. The Morgan fingerprint density at radius 3 is 2.65 bits per heavy atom. The number of amides is 1. The highest BCUT2D eigenvalue weighted by Crippen LogP contribution is 2.16. The average molecular weight is 241 g/mol. The second-order valence-corrected chi connectivity index (χ2v) is 5.76. The average Bonchev–Trinajstić information content (AvgIpc) is 2.28. The fraction of sp³-hybridized carbons (Fsp3) is 0.929. The SMILES string of the molecule is CC(C)CCC[C@H]1CN(C(=O)C(C)C)CCO1. The molecule has 1 heterocycles. The molecule has 0 saturated carbocycles. The van der Waals surface area contributed by atoms with Gasteiger partial charge in [0.1, 0.15) is 0 Å². The van der Waals surface area contributed by atoms with Gasteiger partial charge in [-0.1, -0.05) is 40.5 Å². The quantitative estimate of drug-likeness (QED) is 0.740. The van der Waals surface area contributed by atoms with Crippen molar-refractivity contribution >= 4 is 5.91 Å². The van der Waals surface area contributed by atoms with E-state index < -0.39 is 0 Å². The van der Waals surface area contributed by atoms with Crippen molar-refractivity contribution < 1.29 is 9.53 Å². The topological polar surface area (TPSA) is 29.5 Å². The number of carbonyl (C=O) groups excluding carboxylic acids is 1. The molecule has 1 atom stereocenters. The fourth-order valence-corrected chi connectivity index (χ4v) is 2.21. The van der Waals surface area contributed by atoms with Crippen LogP contribution in [0.15, 0.2) is 0 Å². The third-order valence-electron chi connectivity index (χ3n) is 3.25. The highest BCUT2D eigenvalue weighted by Gasteiger charge is 2.25. The van der Waals surface area contributed by atoms with Crippen LogP contribution in [0.1, 0.15) is 47.0 Å². The van der Waals surface area contributed by atoms with Crippen LogP contribution in [-0.4, -0.2) is 36.6 Å². The Morgan fingerprint density at radius 1 is 1.35 bits per heavy atom. The normalized spacial score (nSPS) is 21.3. The second-order valence-electron chi connectivity index (χ2n) is 5.76. The summed E-state index contributed by atoms with van der Waals surface area (Å²) in [5, 5.41) is 0. The van der Waals surface area contributed by atoms with E-state index in [0.717, 1.165) is 25.4 Å². The molecular formula is C14H27NO2. The van der Waals surface area contributed by atoms with Crippen molar-refractivity contribution in [3.63, 3.8) is 0 Å². The standard InChI is InChI=1S/C14H27NO2/c1-11(2)6-5-7-13-10-15(8-9-17-13)14(16)12(3)4/h11-13H,5-10H2,1-4H3/t13-/m0/s1. The first-order valence-electron chi connectivity index (χ1n) is 6.91. The molecule has 0 N–H and O–H groups in total. The number of carbonyl (C=O) groups is 1. The van der Waals surface area contributed by atoms with Gasteiger partial charge in [0.2, 0.25) is 5.91 Å². The third kappa shape index (κ3) is 5.07. The molecule has 0 radical (unpaired) electrons. The zero-order valence-corrected chi connectivity index (χ0v) is 11.7. The minimum absolute atomic E-state index is 0.101. The van der Waals surface area contributed by atoms with Gasteiger partial charge in [0, 0.05) is 19.0 Å². The predicted octanol–water partition coefficient (Wildman–Crippen LogP) is 2.70. The van der Waals surface area contributed by atoms with Gasteiger partial charge in [0.25, 0.3) is 0 Å². The predicted molar refractivity (Wildman–Crippen MR) is 69.8 cm³/mol. The maximum absolute atomic E-state index is 11.9. The van der Waals surface area contributed by atoms with Crippen LogP contribution in [0.5, 0.6) is 0 Å². The van der Waals surface area contributed by atoms with E-state index in [2.05, 4.69) is 13.8 Å². The lowest BCUT2D eigenvalue weighted by Crippen LogP contribution is -2.47. The Kier molecular flexibility index (Phi) is 5.96. The lowest BCUT2D eigenvalue weighted by Gasteiger charge is -2.34. The molecule has 3 nitrogen and oxygen atoms in total. The molecule has 0 aliphatic carbocycles. The molecule has 1 aliphatic rings. The first kappa shape index (κ1) is 14.5. The summed E-state index contributed by atoms with van der Waals surface area (Å²) >= 11 is 0. The van der Waals surface area contributed by atoms with Gasteiger partial charge in [-0.05, 0) is 12.3 Å². The van der Waals surface area contributed by atoms with Crippen molar-refractivity contribution in [1.82, 2.24) is 4.90 Å². The lowest BCUT2D eigenvalue weighted by molar-refractivity contribution is -0.142. The first-order chi connectivity index (χ1) is 8.00. The summed E-state index contributed by atoms with van der Waals surface area (Å²) in [5.41, 5.74) is 0. The summed E-state index contributed by atoms with van der Waals surface area (Å²) in [6.45, 7) is 10.7. The van der Waals surface area contributed by atoms with Crippen molar-refractivity contribution in [3.8, 4) is 0 Å². The number of rotatable bonds is 5. The molecule has 1 saturated heterocycles. The molecule has 17 heavy (non-hydrogen) atoms. The molecule has 100 valence electrons. The summed E-state index contributed by atoms with van der Waals surface area (Å²) in [6, 6.07) is 0. The van der Waals surface area contributed by atoms with Gasteiger partial charge in [-0.25, -0.2) is 0 Å². The van der Waals surface area contributed by atoms with Crippen molar-refractivity contribution in [2.24, 2.45) is 11.8 Å². The molecule has 0 spiro atoms. The highest BCUT2D eigenvalue weighted by molar-refractivity contribution is 5.78. The van der Waals surface area contributed by atoms with Crippen molar-refractivity contribution in [1.29, 1.82) is 0 Å². The number of hydrogen-bond acceptors (Lipinski definition) is 2. The first-order valence-corrected chi connectivity index (χ1v) is 6.91. The molecule has 0 aromatic rings. The molecule has 1 aliphatic heterocycles. The number of hydrogen-bond donors (Lipinski definition) is 0. The summed E-state index contributed by atoms with van der Waals surface area (Å²) in [6.07, 6.45) is 3.79. The van der Waals surface area contributed by atoms with Crippen molar-refractivity contribution in [2.75, 3.05) is 19.7 Å². The Bertz CT molecular complexity index is 238. The molecule has 1 rings (SSSR count). The van der Waals surface area contributed by atoms with Crippen LogP contribution in [-0.2, 0) is 9.53 Å². The van der Waals surface area contributed by atoms with Gasteiger partial charge >= 0.3 is 0 Å². The largest absolute Gasteiger partial charge is 0.375 e. The van der Waals surface area contributed by atoms with E-state index >= 15 is 0 Å². The maximum Gasteiger partial charge on any atom is 0.225 e. The minimum atomic E-state index is 0.101. The molecule has 0 unspecified atom stereocenters. The molecule has 1 fully saturated rings. The summed E-state index contributed by atoms with van der Waals surface area (Å²) in [7, 11) is 0. The van der Waals surface area contributed by atoms with E-state index in [-0.39, 0.29) is 17.9 Å². The highest BCUT2D eigenvalue weighted by atomic mass is 16.5. The van der Waals surface area contributed by atoms with Gasteiger partial charge in [0.15, 0.2) is 0 Å². The van der Waals surface area contributed by atoms with E-state index in [4.69, 9.17) is 4.74 Å². The molecule has 0 aromatic heterocycles. The molecule has 0 bridgehead atoms. The van der Waals surface area contributed by atoms with Crippen LogP contribution in [0.3, 0.4) is 0 Å². The zero-order valence-electron chi connectivity index (χ0n) is 11.7. The van der Waals surface area contributed by atoms with E-state index in [1.54, 1.807) is 0 Å². The smallest absolute Gasteiger partial charge is 0.225 e. The summed E-state index contributed by atoms with van der Waals surface area (Å²) in [4.78, 5) is 13.9. The summed E-state index contributed by atoms with van der Waals surface area (Å²) < 4.78 is 5.73. The van der Waals surface area contributed by atoms with Gasteiger partial charge in [-0.2, -0.15) is 0 Å². The Morgan fingerprint density at radius 2 is 2.06 bits per heavy atom. The van der Waals surface area contributed by atoms with Gasteiger partial charge in [0.05, 0.1) is 12.7 Å². The van der Waals surface area contributed by atoms with Crippen LogP contribution in [0, 0.1) is 11.8 Å². The number of nitrogens with zero attached hydrogens (tertiary/aromatic N) is 1.